The van der Waals surface area contributed by atoms with Crippen LogP contribution < -0.4 is 10.6 Å². The predicted octanol–water partition coefficient (Wildman–Crippen LogP) is 4.41. The molecule has 0 aliphatic rings. The molecule has 0 saturated heterocycles. The Morgan fingerprint density at radius 1 is 1.07 bits per heavy atom. The summed E-state index contributed by atoms with van der Waals surface area (Å²) in [5.74, 6) is 0.180. The lowest BCUT2D eigenvalue weighted by molar-refractivity contribution is 0.0949. The number of amides is 1. The summed E-state index contributed by atoms with van der Waals surface area (Å²) in [4.78, 5) is 20.9. The monoisotopic (exact) mass is 380 g/mol. The molecule has 0 saturated carbocycles. The number of nitrogens with one attached hydrogen (secondary N) is 2. The summed E-state index contributed by atoms with van der Waals surface area (Å²) in [5.41, 5.74) is 3.55. The van der Waals surface area contributed by atoms with E-state index in [2.05, 4.69) is 33.6 Å². The number of nitrogens with zero attached hydrogens (tertiary/aromatic N) is 2. The van der Waals surface area contributed by atoms with Crippen LogP contribution in [0.3, 0.4) is 0 Å². The number of anilines is 2. The molecule has 0 fully saturated rings. The van der Waals surface area contributed by atoms with Gasteiger partial charge in [-0.1, -0.05) is 48.9 Å². The Kier molecular flexibility index (Phi) is 6.39. The second-order valence-corrected chi connectivity index (χ2v) is 6.47. The average molecular weight is 381 g/mol. The van der Waals surface area contributed by atoms with Crippen LogP contribution >= 0.6 is 11.6 Å². The summed E-state index contributed by atoms with van der Waals surface area (Å²) in [6.45, 7) is 2.61. The van der Waals surface area contributed by atoms with E-state index in [-0.39, 0.29) is 5.91 Å². The fourth-order valence-corrected chi connectivity index (χ4v) is 2.80. The van der Waals surface area contributed by atoms with Crippen LogP contribution in [-0.2, 0) is 12.8 Å². The molecular weight excluding hydrogens is 360 g/mol. The molecule has 0 bridgehead atoms. The van der Waals surface area contributed by atoms with Crippen molar-refractivity contribution in [3.63, 3.8) is 0 Å². The van der Waals surface area contributed by atoms with Crippen molar-refractivity contribution in [1.29, 1.82) is 0 Å². The summed E-state index contributed by atoms with van der Waals surface area (Å²) in [6.07, 6.45) is 3.20. The van der Waals surface area contributed by atoms with Crippen LogP contribution in [0.4, 0.5) is 11.6 Å². The van der Waals surface area contributed by atoms with Gasteiger partial charge in [0.15, 0.2) is 0 Å². The number of rotatable bonds is 7. The summed E-state index contributed by atoms with van der Waals surface area (Å²) in [6, 6.07) is 17.2. The zero-order valence-corrected chi connectivity index (χ0v) is 15.8. The predicted molar refractivity (Wildman–Crippen MR) is 109 cm³/mol. The van der Waals surface area contributed by atoms with Crippen molar-refractivity contribution in [2.45, 2.75) is 19.8 Å². The third-order valence-electron chi connectivity index (χ3n) is 4.15. The van der Waals surface area contributed by atoms with Gasteiger partial charge in [0.05, 0.1) is 0 Å². The van der Waals surface area contributed by atoms with Crippen molar-refractivity contribution < 1.29 is 4.79 Å². The zero-order valence-electron chi connectivity index (χ0n) is 15.1. The van der Waals surface area contributed by atoms with Crippen molar-refractivity contribution in [3.05, 3.63) is 82.6 Å². The normalized spacial score (nSPS) is 10.4. The summed E-state index contributed by atoms with van der Waals surface area (Å²) >= 11 is 5.88. The van der Waals surface area contributed by atoms with Gasteiger partial charge in [-0.05, 0) is 48.2 Å². The fraction of sp³-hybridized carbons (Fsp3) is 0.190. The highest BCUT2D eigenvalue weighted by atomic mass is 35.5. The van der Waals surface area contributed by atoms with Crippen LogP contribution in [-0.4, -0.2) is 22.4 Å². The number of hydrogen-bond acceptors (Lipinski definition) is 4. The van der Waals surface area contributed by atoms with Crippen molar-refractivity contribution in [2.75, 3.05) is 11.9 Å². The summed E-state index contributed by atoms with van der Waals surface area (Å²) < 4.78 is 0. The number of aromatic nitrogens is 2. The molecule has 2 aromatic carbocycles. The maximum Gasteiger partial charge on any atom is 0.270 e. The topological polar surface area (TPSA) is 66.9 Å². The van der Waals surface area contributed by atoms with E-state index in [0.717, 1.165) is 24.1 Å². The van der Waals surface area contributed by atoms with Crippen LogP contribution in [0, 0.1) is 0 Å². The summed E-state index contributed by atoms with van der Waals surface area (Å²) in [5, 5.41) is 6.78. The van der Waals surface area contributed by atoms with Gasteiger partial charge in [0.25, 0.3) is 5.91 Å². The number of benzene rings is 2. The largest absolute Gasteiger partial charge is 0.350 e. The fourth-order valence-electron chi connectivity index (χ4n) is 2.68. The third kappa shape index (κ3) is 5.28. The van der Waals surface area contributed by atoms with Crippen molar-refractivity contribution in [3.8, 4) is 0 Å². The molecule has 3 aromatic rings. The van der Waals surface area contributed by atoms with Gasteiger partial charge < -0.3 is 10.6 Å². The molecule has 138 valence electrons. The van der Waals surface area contributed by atoms with Crippen molar-refractivity contribution in [1.82, 2.24) is 15.3 Å². The molecule has 0 radical (unpaired) electrons. The van der Waals surface area contributed by atoms with E-state index in [9.17, 15) is 4.79 Å². The number of carbonyl (C=O) groups excluding carboxylic acids is 1. The molecule has 0 spiro atoms. The highest BCUT2D eigenvalue weighted by Crippen LogP contribution is 2.19. The maximum atomic E-state index is 12.4. The zero-order chi connectivity index (χ0) is 19.1. The minimum absolute atomic E-state index is 0.224. The molecule has 3 rings (SSSR count). The second-order valence-electron chi connectivity index (χ2n) is 6.03. The first-order valence-corrected chi connectivity index (χ1v) is 9.24. The van der Waals surface area contributed by atoms with Crippen molar-refractivity contribution >= 4 is 29.1 Å². The smallest absolute Gasteiger partial charge is 0.270 e. The molecule has 0 atom stereocenters. The Hall–Kier alpha value is -2.92. The van der Waals surface area contributed by atoms with Crippen LogP contribution in [0.2, 0.25) is 5.02 Å². The Morgan fingerprint density at radius 3 is 2.63 bits per heavy atom. The van der Waals surface area contributed by atoms with Gasteiger partial charge in [-0.25, -0.2) is 9.97 Å². The van der Waals surface area contributed by atoms with Gasteiger partial charge >= 0.3 is 0 Å². The minimum atomic E-state index is -0.224. The van der Waals surface area contributed by atoms with Crippen LogP contribution in [0.1, 0.15) is 28.5 Å². The van der Waals surface area contributed by atoms with E-state index in [1.54, 1.807) is 12.3 Å². The van der Waals surface area contributed by atoms with E-state index in [4.69, 9.17) is 11.6 Å². The van der Waals surface area contributed by atoms with Crippen LogP contribution in [0.15, 0.2) is 60.8 Å². The molecule has 2 N–H and O–H groups in total. The number of hydrogen-bond donors (Lipinski definition) is 2. The number of halogens is 1. The molecule has 6 heteroatoms. The van der Waals surface area contributed by atoms with Crippen LogP contribution in [0.5, 0.6) is 0 Å². The first-order chi connectivity index (χ1) is 13.2. The highest BCUT2D eigenvalue weighted by Gasteiger charge is 2.09. The highest BCUT2D eigenvalue weighted by molar-refractivity contribution is 6.30. The third-order valence-corrected chi connectivity index (χ3v) is 4.40. The van der Waals surface area contributed by atoms with Gasteiger partial charge in [0, 0.05) is 23.5 Å². The first kappa shape index (κ1) is 18.9. The lowest BCUT2D eigenvalue weighted by atomic mass is 10.1. The molecule has 5 nitrogen and oxygen atoms in total. The van der Waals surface area contributed by atoms with E-state index in [1.165, 1.54) is 5.56 Å². The van der Waals surface area contributed by atoms with Gasteiger partial charge in [0.1, 0.15) is 5.69 Å². The molecule has 0 aliphatic heterocycles. The van der Waals surface area contributed by atoms with Gasteiger partial charge in [-0.15, -0.1) is 0 Å². The molecule has 0 unspecified atom stereocenters. The van der Waals surface area contributed by atoms with Crippen molar-refractivity contribution in [2.24, 2.45) is 0 Å². The van der Waals surface area contributed by atoms with E-state index < -0.39 is 0 Å². The number of para-hydroxylation sites is 1. The SMILES string of the molecule is CCc1ccccc1Nc1nccc(C(=O)NCCc2ccc(Cl)cc2)n1. The second kappa shape index (κ2) is 9.14. The molecule has 1 heterocycles. The Balaban J connectivity index is 1.60. The molecule has 27 heavy (non-hydrogen) atoms. The Bertz CT molecular complexity index is 912. The van der Waals surface area contributed by atoms with Gasteiger partial charge in [0.2, 0.25) is 5.95 Å². The van der Waals surface area contributed by atoms with E-state index in [1.807, 2.05) is 42.5 Å². The van der Waals surface area contributed by atoms with E-state index >= 15 is 0 Å². The number of aryl methyl sites for hydroxylation is 1. The Labute approximate surface area is 163 Å². The number of carbonyl (C=O) groups is 1. The first-order valence-electron chi connectivity index (χ1n) is 8.86. The van der Waals surface area contributed by atoms with E-state index in [0.29, 0.717) is 23.2 Å². The maximum absolute atomic E-state index is 12.4. The lowest BCUT2D eigenvalue weighted by Crippen LogP contribution is -2.26. The molecule has 0 aliphatic carbocycles. The lowest BCUT2D eigenvalue weighted by Gasteiger charge is -2.10. The van der Waals surface area contributed by atoms with Gasteiger partial charge in [-0.3, -0.25) is 4.79 Å². The average Bonchev–Trinajstić information content (AvgIpc) is 2.70. The van der Waals surface area contributed by atoms with Crippen LogP contribution in [0.25, 0.3) is 0 Å². The Morgan fingerprint density at radius 2 is 1.85 bits per heavy atom. The quantitative estimate of drug-likeness (QED) is 0.637. The molecule has 1 amide bonds. The summed E-state index contributed by atoms with van der Waals surface area (Å²) in [7, 11) is 0. The molecular formula is C21H21ClN4O. The standard InChI is InChI=1S/C21H21ClN4O/c1-2-16-5-3-4-6-18(16)25-21-24-14-12-19(26-21)20(27)23-13-11-15-7-9-17(22)10-8-15/h3-10,12,14H,2,11,13H2,1H3,(H,23,27)(H,24,25,26). The molecule has 1 aromatic heterocycles. The van der Waals surface area contributed by atoms with Gasteiger partial charge in [-0.2, -0.15) is 0 Å². The minimum Gasteiger partial charge on any atom is -0.350 e.